The number of rotatable bonds is 1. The minimum Gasteiger partial charge on any atom is -0.505 e. The predicted molar refractivity (Wildman–Crippen MR) is 70.4 cm³/mol. The lowest BCUT2D eigenvalue weighted by atomic mass is 9.87. The van der Waals surface area contributed by atoms with Crippen molar-refractivity contribution in [3.63, 3.8) is 0 Å². The van der Waals surface area contributed by atoms with E-state index in [2.05, 4.69) is 15.6 Å². The number of urea groups is 1. The molecular formula is C13H14N4O4. The number of likely N-dealkylation sites (tertiary alicyclic amines) is 1. The summed E-state index contributed by atoms with van der Waals surface area (Å²) in [6.07, 6.45) is 2.11. The Morgan fingerprint density at radius 3 is 2.62 bits per heavy atom. The fourth-order valence-electron chi connectivity index (χ4n) is 2.68. The van der Waals surface area contributed by atoms with Crippen molar-refractivity contribution < 1.29 is 19.5 Å². The van der Waals surface area contributed by atoms with Crippen LogP contribution in [-0.4, -0.2) is 51.5 Å². The molecule has 1 spiro atoms. The normalized spacial score (nSPS) is 20.3. The first kappa shape index (κ1) is 13.3. The van der Waals surface area contributed by atoms with Gasteiger partial charge in [0.25, 0.3) is 11.8 Å². The average molecular weight is 290 g/mol. The number of pyridine rings is 1. The third kappa shape index (κ3) is 2.18. The van der Waals surface area contributed by atoms with Crippen molar-refractivity contribution in [2.45, 2.75) is 18.4 Å². The molecule has 21 heavy (non-hydrogen) atoms. The smallest absolute Gasteiger partial charge is 0.322 e. The van der Waals surface area contributed by atoms with E-state index in [0.717, 1.165) is 0 Å². The number of imide groups is 1. The van der Waals surface area contributed by atoms with Gasteiger partial charge < -0.3 is 15.3 Å². The molecule has 2 aliphatic heterocycles. The van der Waals surface area contributed by atoms with Crippen molar-refractivity contribution in [3.8, 4) is 5.75 Å². The van der Waals surface area contributed by atoms with E-state index < -0.39 is 11.6 Å². The second-order valence-electron chi connectivity index (χ2n) is 5.15. The highest BCUT2D eigenvalue weighted by molar-refractivity contribution is 6.07. The number of carbonyl (C=O) groups is 3. The fourth-order valence-corrected chi connectivity index (χ4v) is 2.68. The summed E-state index contributed by atoms with van der Waals surface area (Å²) in [5, 5.41) is 14.5. The standard InChI is InChI=1S/C13H14N4O4/c18-8-2-1-5-14-9(8)10(19)17-6-3-13(4-7-17)11(20)15-12(21)16-13/h1-2,5,18H,3-4,6-7H2,(H2,15,16,20,21). The highest BCUT2D eigenvalue weighted by Crippen LogP contribution is 2.27. The van der Waals surface area contributed by atoms with E-state index in [4.69, 9.17) is 0 Å². The molecule has 0 aliphatic carbocycles. The Balaban J connectivity index is 1.72. The molecule has 1 aromatic rings. The van der Waals surface area contributed by atoms with E-state index >= 15 is 0 Å². The Morgan fingerprint density at radius 2 is 2.05 bits per heavy atom. The molecule has 3 N–H and O–H groups in total. The van der Waals surface area contributed by atoms with Crippen LogP contribution in [0.5, 0.6) is 5.75 Å². The van der Waals surface area contributed by atoms with Gasteiger partial charge in [0, 0.05) is 19.3 Å². The second kappa shape index (κ2) is 4.72. The van der Waals surface area contributed by atoms with Crippen LogP contribution in [0.15, 0.2) is 18.3 Å². The Bertz CT molecular complexity index is 622. The second-order valence-corrected chi connectivity index (χ2v) is 5.15. The maximum absolute atomic E-state index is 12.3. The van der Waals surface area contributed by atoms with E-state index in [1.165, 1.54) is 23.2 Å². The van der Waals surface area contributed by atoms with Gasteiger partial charge in [0.1, 0.15) is 11.3 Å². The number of piperidine rings is 1. The highest BCUT2D eigenvalue weighted by Gasteiger charge is 2.48. The zero-order valence-electron chi connectivity index (χ0n) is 11.1. The molecular weight excluding hydrogens is 276 g/mol. The topological polar surface area (TPSA) is 112 Å². The van der Waals surface area contributed by atoms with Gasteiger partial charge in [0.2, 0.25) is 0 Å². The Labute approximate surface area is 120 Å². The summed E-state index contributed by atoms with van der Waals surface area (Å²) in [5.41, 5.74) is -0.923. The Kier molecular flexibility index (Phi) is 3.00. The molecule has 2 aliphatic rings. The zero-order valence-corrected chi connectivity index (χ0v) is 11.1. The van der Waals surface area contributed by atoms with Crippen LogP contribution < -0.4 is 10.6 Å². The van der Waals surface area contributed by atoms with Gasteiger partial charge in [-0.05, 0) is 25.0 Å². The summed E-state index contributed by atoms with van der Waals surface area (Å²) in [6, 6.07) is 2.44. The van der Waals surface area contributed by atoms with E-state index in [9.17, 15) is 19.5 Å². The van der Waals surface area contributed by atoms with Crippen LogP contribution in [0.1, 0.15) is 23.3 Å². The Hall–Kier alpha value is -2.64. The summed E-state index contributed by atoms with van der Waals surface area (Å²) in [7, 11) is 0. The zero-order chi connectivity index (χ0) is 15.0. The monoisotopic (exact) mass is 290 g/mol. The van der Waals surface area contributed by atoms with Crippen LogP contribution in [-0.2, 0) is 4.79 Å². The van der Waals surface area contributed by atoms with Gasteiger partial charge in [-0.3, -0.25) is 14.9 Å². The minimum absolute atomic E-state index is 0.00615. The molecule has 3 rings (SSSR count). The summed E-state index contributed by atoms with van der Waals surface area (Å²) in [5.74, 6) is -0.900. The van der Waals surface area contributed by atoms with E-state index in [1.54, 1.807) is 0 Å². The van der Waals surface area contributed by atoms with Gasteiger partial charge >= 0.3 is 6.03 Å². The summed E-state index contributed by atoms with van der Waals surface area (Å²) < 4.78 is 0. The summed E-state index contributed by atoms with van der Waals surface area (Å²) in [6.45, 7) is 0.616. The molecule has 0 aromatic carbocycles. The molecule has 0 saturated carbocycles. The van der Waals surface area contributed by atoms with Crippen molar-refractivity contribution in [1.82, 2.24) is 20.5 Å². The maximum atomic E-state index is 12.3. The highest BCUT2D eigenvalue weighted by atomic mass is 16.3. The van der Waals surface area contributed by atoms with Gasteiger partial charge in [-0.2, -0.15) is 0 Å². The number of aromatic hydroxyl groups is 1. The molecule has 0 atom stereocenters. The summed E-state index contributed by atoms with van der Waals surface area (Å²) >= 11 is 0. The molecule has 0 bridgehead atoms. The number of carbonyl (C=O) groups excluding carboxylic acids is 3. The van der Waals surface area contributed by atoms with Gasteiger partial charge in [-0.25, -0.2) is 9.78 Å². The van der Waals surface area contributed by atoms with E-state index in [1.807, 2.05) is 0 Å². The van der Waals surface area contributed by atoms with Crippen LogP contribution in [0.25, 0.3) is 0 Å². The third-order valence-electron chi connectivity index (χ3n) is 3.91. The van der Waals surface area contributed by atoms with E-state index in [-0.39, 0.29) is 23.3 Å². The molecule has 0 radical (unpaired) electrons. The first-order valence-corrected chi connectivity index (χ1v) is 6.59. The fraction of sp³-hybridized carbons (Fsp3) is 0.385. The number of nitrogens with one attached hydrogen (secondary N) is 2. The van der Waals surface area contributed by atoms with Gasteiger partial charge in [0.15, 0.2) is 5.69 Å². The van der Waals surface area contributed by atoms with Crippen LogP contribution in [0.4, 0.5) is 4.79 Å². The first-order valence-electron chi connectivity index (χ1n) is 6.59. The molecule has 110 valence electrons. The van der Waals surface area contributed by atoms with Gasteiger partial charge in [-0.15, -0.1) is 0 Å². The molecule has 1 aromatic heterocycles. The SMILES string of the molecule is O=C1NC(=O)C2(CCN(C(=O)c3ncccc3O)CC2)N1. The molecule has 8 nitrogen and oxygen atoms in total. The lowest BCUT2D eigenvalue weighted by molar-refractivity contribution is -0.125. The quantitative estimate of drug-likeness (QED) is 0.609. The summed E-state index contributed by atoms with van der Waals surface area (Å²) in [4.78, 5) is 40.7. The lowest BCUT2D eigenvalue weighted by Crippen LogP contribution is -2.55. The van der Waals surface area contributed by atoms with Crippen LogP contribution in [0, 0.1) is 0 Å². The molecule has 2 fully saturated rings. The molecule has 3 heterocycles. The van der Waals surface area contributed by atoms with Crippen LogP contribution >= 0.6 is 0 Å². The number of hydrogen-bond acceptors (Lipinski definition) is 5. The van der Waals surface area contributed by atoms with Gasteiger partial charge in [-0.1, -0.05) is 0 Å². The minimum atomic E-state index is -0.917. The van der Waals surface area contributed by atoms with Crippen molar-refractivity contribution in [3.05, 3.63) is 24.0 Å². The number of nitrogens with zero attached hydrogens (tertiary/aromatic N) is 2. The molecule has 4 amide bonds. The average Bonchev–Trinajstić information content (AvgIpc) is 2.74. The Morgan fingerprint density at radius 1 is 1.33 bits per heavy atom. The molecule has 0 unspecified atom stereocenters. The van der Waals surface area contributed by atoms with Crippen LogP contribution in [0.2, 0.25) is 0 Å². The largest absolute Gasteiger partial charge is 0.505 e. The van der Waals surface area contributed by atoms with Crippen molar-refractivity contribution in [2.24, 2.45) is 0 Å². The lowest BCUT2D eigenvalue weighted by Gasteiger charge is -2.36. The van der Waals surface area contributed by atoms with Crippen molar-refractivity contribution in [1.29, 1.82) is 0 Å². The molecule has 8 heteroatoms. The van der Waals surface area contributed by atoms with Crippen molar-refractivity contribution in [2.75, 3.05) is 13.1 Å². The predicted octanol–water partition coefficient (Wildman–Crippen LogP) is -0.399. The number of hydrogen-bond donors (Lipinski definition) is 3. The molecule has 2 saturated heterocycles. The maximum Gasteiger partial charge on any atom is 0.322 e. The number of amides is 4. The third-order valence-corrected chi connectivity index (χ3v) is 3.91. The van der Waals surface area contributed by atoms with Gasteiger partial charge in [0.05, 0.1) is 0 Å². The van der Waals surface area contributed by atoms with Crippen LogP contribution in [0.3, 0.4) is 0 Å². The van der Waals surface area contributed by atoms with Crippen molar-refractivity contribution >= 4 is 17.8 Å². The first-order chi connectivity index (χ1) is 10.0. The number of aromatic nitrogens is 1. The van der Waals surface area contributed by atoms with E-state index in [0.29, 0.717) is 25.9 Å².